The number of hydrogen-bond acceptors (Lipinski definition) is 4. The molecule has 3 heterocycles. The van der Waals surface area contributed by atoms with Crippen LogP contribution in [0.5, 0.6) is 11.5 Å². The van der Waals surface area contributed by atoms with Gasteiger partial charge in [-0.25, -0.2) is 9.36 Å². The monoisotopic (exact) mass is 429 g/mol. The summed E-state index contributed by atoms with van der Waals surface area (Å²) in [6, 6.07) is 3.01. The number of benzene rings is 1. The number of ether oxygens (including phenoxy) is 2. The van der Waals surface area contributed by atoms with E-state index in [1.807, 2.05) is 0 Å². The van der Waals surface area contributed by atoms with Crippen molar-refractivity contribution in [2.24, 2.45) is 12.0 Å². The second kappa shape index (κ2) is 6.44. The molecule has 0 radical (unpaired) electrons. The molecule has 1 aliphatic rings. The molecule has 0 unspecified atom stereocenters. The maximum Gasteiger partial charge on any atom is 0.507 e. The Morgan fingerprint density at radius 1 is 1.17 bits per heavy atom. The Kier molecular flexibility index (Phi) is 4.26. The van der Waals surface area contributed by atoms with E-state index in [-0.39, 0.29) is 10.5 Å². The Bertz CT molecular complexity index is 1180. The van der Waals surface area contributed by atoms with Crippen molar-refractivity contribution < 1.29 is 36.4 Å². The lowest BCUT2D eigenvalue weighted by Crippen LogP contribution is -2.52. The molecular weight excluding hydrogens is 416 g/mol. The average Bonchev–Trinajstić information content (AvgIpc) is 3.21. The van der Waals surface area contributed by atoms with Crippen LogP contribution in [0.4, 0.5) is 22.4 Å². The van der Waals surface area contributed by atoms with Gasteiger partial charge in [-0.05, 0) is 19.1 Å². The molecule has 0 saturated heterocycles. The fourth-order valence-corrected chi connectivity index (χ4v) is 3.45. The lowest BCUT2D eigenvalue weighted by atomic mass is 10.2. The van der Waals surface area contributed by atoms with E-state index in [0.717, 1.165) is 17.0 Å². The van der Waals surface area contributed by atoms with E-state index in [1.54, 1.807) is 30.9 Å². The third-order valence-electron chi connectivity index (χ3n) is 3.97. The molecule has 0 aliphatic carbocycles. The number of thiazole rings is 1. The molecule has 1 aromatic carbocycles. The molecule has 3 aromatic rings. The maximum absolute atomic E-state index is 13.5. The smallest absolute Gasteiger partial charge is 0.421 e. The fraction of sp³-hybridized carbons (Fsp3) is 0.235. The standard InChI is InChI=1S/C17H13F4N4O3S/c1-10-8-25(15(29-10)22-14(26)24-6-5-23(2)9-24)11-3-4-12-13(7-11)28-17(20,21)16(18,19)27-12/h3-9H,1-2H3/q+1. The number of rotatable bonds is 1. The van der Waals surface area contributed by atoms with Gasteiger partial charge >= 0.3 is 18.2 Å². The van der Waals surface area contributed by atoms with Crippen LogP contribution in [0.3, 0.4) is 0 Å². The highest BCUT2D eigenvalue weighted by atomic mass is 32.1. The summed E-state index contributed by atoms with van der Waals surface area (Å²) in [7, 11) is 1.74. The number of nitrogens with zero attached hydrogens (tertiary/aromatic N) is 4. The number of aromatic nitrogens is 3. The zero-order valence-corrected chi connectivity index (χ0v) is 15.8. The fourth-order valence-electron chi connectivity index (χ4n) is 2.63. The van der Waals surface area contributed by atoms with E-state index in [2.05, 4.69) is 14.5 Å². The van der Waals surface area contributed by atoms with E-state index in [0.29, 0.717) is 0 Å². The lowest BCUT2D eigenvalue weighted by Gasteiger charge is -2.31. The first kappa shape index (κ1) is 19.2. The maximum atomic E-state index is 13.5. The zero-order chi connectivity index (χ0) is 21.0. The highest BCUT2D eigenvalue weighted by Gasteiger charge is 2.65. The van der Waals surface area contributed by atoms with Crippen molar-refractivity contribution in [2.75, 3.05) is 0 Å². The van der Waals surface area contributed by atoms with Gasteiger partial charge in [0.15, 0.2) is 11.5 Å². The molecule has 0 saturated carbocycles. The van der Waals surface area contributed by atoms with Gasteiger partial charge in [0.2, 0.25) is 4.80 Å². The zero-order valence-electron chi connectivity index (χ0n) is 15.0. The lowest BCUT2D eigenvalue weighted by molar-refractivity contribution is -0.670. The van der Waals surface area contributed by atoms with Crippen LogP contribution in [0, 0.1) is 6.92 Å². The van der Waals surface area contributed by atoms with Crippen LogP contribution in [0.15, 0.2) is 48.1 Å². The minimum absolute atomic E-state index is 0.262. The number of fused-ring (bicyclic) bond motifs is 1. The van der Waals surface area contributed by atoms with Crippen LogP contribution in [-0.2, 0) is 7.05 Å². The number of imidazole rings is 1. The summed E-state index contributed by atoms with van der Waals surface area (Å²) < 4.78 is 66.2. The van der Waals surface area contributed by atoms with Crippen LogP contribution in [0.25, 0.3) is 5.69 Å². The Hall–Kier alpha value is -3.15. The largest absolute Gasteiger partial charge is 0.507 e. The number of hydrogen-bond donors (Lipinski definition) is 0. The highest BCUT2D eigenvalue weighted by Crippen LogP contribution is 2.47. The molecule has 0 bridgehead atoms. The summed E-state index contributed by atoms with van der Waals surface area (Å²) in [6.07, 6.45) is -3.25. The quantitative estimate of drug-likeness (QED) is 0.442. The van der Waals surface area contributed by atoms with Gasteiger partial charge in [-0.2, -0.15) is 17.6 Å². The van der Waals surface area contributed by atoms with Gasteiger partial charge in [-0.1, -0.05) is 0 Å². The van der Waals surface area contributed by atoms with Gasteiger partial charge in [-0.15, -0.1) is 20.9 Å². The summed E-state index contributed by atoms with van der Waals surface area (Å²) in [4.78, 5) is 17.5. The summed E-state index contributed by atoms with van der Waals surface area (Å²) in [5, 5.41) is 0. The molecule has 152 valence electrons. The van der Waals surface area contributed by atoms with Crippen LogP contribution in [0.1, 0.15) is 4.88 Å². The molecule has 2 aromatic heterocycles. The highest BCUT2D eigenvalue weighted by molar-refractivity contribution is 7.09. The summed E-state index contributed by atoms with van der Waals surface area (Å²) in [5.41, 5.74) is 0.280. The number of halogens is 4. The van der Waals surface area contributed by atoms with Crippen molar-refractivity contribution in [1.29, 1.82) is 0 Å². The van der Waals surface area contributed by atoms with Crippen molar-refractivity contribution in [3.05, 3.63) is 52.8 Å². The number of amides is 1. The van der Waals surface area contributed by atoms with E-state index in [1.165, 1.54) is 39.1 Å². The summed E-state index contributed by atoms with van der Waals surface area (Å²) in [5.74, 6) is -1.07. The molecule has 7 nitrogen and oxygen atoms in total. The minimum Gasteiger partial charge on any atom is -0.421 e. The molecule has 0 spiro atoms. The average molecular weight is 429 g/mol. The first-order chi connectivity index (χ1) is 13.6. The van der Waals surface area contributed by atoms with Gasteiger partial charge in [0, 0.05) is 17.1 Å². The molecule has 0 fully saturated rings. The van der Waals surface area contributed by atoms with E-state index >= 15 is 0 Å². The van der Waals surface area contributed by atoms with E-state index in [9.17, 15) is 22.4 Å². The van der Waals surface area contributed by atoms with Gasteiger partial charge in [0.25, 0.3) is 6.33 Å². The first-order valence-corrected chi connectivity index (χ1v) is 8.97. The Balaban J connectivity index is 1.76. The Labute approximate surface area is 164 Å². The molecular formula is C17H13F4N4O3S+. The molecule has 12 heteroatoms. The number of aryl methyl sites for hydroxylation is 2. The van der Waals surface area contributed by atoms with Gasteiger partial charge in [-0.3, -0.25) is 4.57 Å². The molecule has 4 rings (SSSR count). The molecule has 29 heavy (non-hydrogen) atoms. The van der Waals surface area contributed by atoms with E-state index in [4.69, 9.17) is 0 Å². The molecule has 1 aliphatic heterocycles. The topological polar surface area (TPSA) is 61.6 Å². The summed E-state index contributed by atoms with van der Waals surface area (Å²) in [6.45, 7) is 1.77. The number of carbonyl (C=O) groups is 1. The molecule has 1 amide bonds. The van der Waals surface area contributed by atoms with Crippen molar-refractivity contribution in [3.8, 4) is 17.2 Å². The predicted octanol–water partition coefficient (Wildman–Crippen LogP) is 3.00. The first-order valence-electron chi connectivity index (χ1n) is 8.15. The number of alkyl halides is 4. The van der Waals surface area contributed by atoms with E-state index < -0.39 is 29.7 Å². The van der Waals surface area contributed by atoms with Crippen molar-refractivity contribution in [2.45, 2.75) is 19.1 Å². The van der Waals surface area contributed by atoms with Crippen LogP contribution >= 0.6 is 11.3 Å². The molecule has 0 N–H and O–H groups in total. The van der Waals surface area contributed by atoms with Gasteiger partial charge in [0.05, 0.1) is 12.7 Å². The van der Waals surface area contributed by atoms with Crippen molar-refractivity contribution in [1.82, 2.24) is 9.13 Å². The SMILES string of the molecule is Cc1cn(-c2ccc3c(c2)OC(F)(F)C(F)(F)O3)c(=NC(=O)n2cc[n+](C)c2)s1. The summed E-state index contributed by atoms with van der Waals surface area (Å²) >= 11 is 1.19. The molecule has 0 atom stereocenters. The third kappa shape index (κ3) is 3.39. The Morgan fingerprint density at radius 3 is 2.52 bits per heavy atom. The van der Waals surface area contributed by atoms with Crippen molar-refractivity contribution in [3.63, 3.8) is 0 Å². The minimum atomic E-state index is -4.82. The van der Waals surface area contributed by atoms with Crippen LogP contribution < -0.4 is 18.8 Å². The third-order valence-corrected chi connectivity index (χ3v) is 4.87. The second-order valence-electron chi connectivity index (χ2n) is 6.24. The second-order valence-corrected chi connectivity index (χ2v) is 7.46. The van der Waals surface area contributed by atoms with Crippen LogP contribution in [-0.4, -0.2) is 27.4 Å². The van der Waals surface area contributed by atoms with Crippen LogP contribution in [0.2, 0.25) is 0 Å². The predicted molar refractivity (Wildman–Crippen MR) is 91.5 cm³/mol. The van der Waals surface area contributed by atoms with Gasteiger partial charge in [0.1, 0.15) is 12.4 Å². The van der Waals surface area contributed by atoms with Gasteiger partial charge < -0.3 is 9.47 Å². The Morgan fingerprint density at radius 2 is 1.86 bits per heavy atom. The normalized spacial score (nSPS) is 17.4. The number of carbonyl (C=O) groups excluding carboxylic acids is 1. The van der Waals surface area contributed by atoms with Crippen molar-refractivity contribution >= 4 is 17.4 Å².